The first-order valence-electron chi connectivity index (χ1n) is 6.64. The molecule has 1 heteroatoms. The van der Waals surface area contributed by atoms with Crippen molar-refractivity contribution in [3.63, 3.8) is 0 Å². The van der Waals surface area contributed by atoms with Gasteiger partial charge in [-0.1, -0.05) is 19.1 Å². The molecule has 2 saturated carbocycles. The molecule has 2 fully saturated rings. The van der Waals surface area contributed by atoms with E-state index >= 15 is 0 Å². The third-order valence-corrected chi connectivity index (χ3v) is 4.66. The molecule has 0 aromatic heterocycles. The lowest BCUT2D eigenvalue weighted by Crippen LogP contribution is -2.16. The van der Waals surface area contributed by atoms with E-state index in [0.717, 1.165) is 30.1 Å². The minimum Gasteiger partial charge on any atom is -0.389 e. The van der Waals surface area contributed by atoms with Gasteiger partial charge >= 0.3 is 0 Å². The van der Waals surface area contributed by atoms with Crippen LogP contribution in [0.4, 0.5) is 0 Å². The third-order valence-electron chi connectivity index (χ3n) is 4.66. The van der Waals surface area contributed by atoms with E-state index in [1.807, 2.05) is 6.92 Å². The smallest absolute Gasteiger partial charge is 0.0744 e. The molecule has 2 aliphatic rings. The van der Waals surface area contributed by atoms with E-state index in [4.69, 9.17) is 0 Å². The van der Waals surface area contributed by atoms with E-state index in [1.54, 1.807) is 0 Å². The van der Waals surface area contributed by atoms with Crippen LogP contribution in [0.1, 0.15) is 39.5 Å². The minimum atomic E-state index is -0.227. The number of hydrogen-bond acceptors (Lipinski definition) is 1. The van der Waals surface area contributed by atoms with E-state index in [-0.39, 0.29) is 6.10 Å². The molecule has 5 unspecified atom stereocenters. The summed E-state index contributed by atoms with van der Waals surface area (Å²) >= 11 is 0. The molecule has 1 nitrogen and oxygen atoms in total. The van der Waals surface area contributed by atoms with Gasteiger partial charge in [-0.25, -0.2) is 0 Å². The number of rotatable bonds is 4. The molecule has 2 rings (SSSR count). The van der Waals surface area contributed by atoms with Crippen molar-refractivity contribution in [1.82, 2.24) is 0 Å². The quantitative estimate of drug-likeness (QED) is 0.718. The van der Waals surface area contributed by atoms with Gasteiger partial charge in [0.1, 0.15) is 0 Å². The average molecular weight is 220 g/mol. The Bertz CT molecular complexity index is 292. The fourth-order valence-electron chi connectivity index (χ4n) is 3.63. The number of hydrogen-bond donors (Lipinski definition) is 1. The van der Waals surface area contributed by atoms with Crippen LogP contribution in [0.25, 0.3) is 0 Å². The van der Waals surface area contributed by atoms with Crippen molar-refractivity contribution in [2.75, 3.05) is 0 Å². The van der Waals surface area contributed by atoms with Crippen LogP contribution in [0, 0.1) is 23.7 Å². The maximum atomic E-state index is 9.77. The SMILES string of the molecule is C=CC1CC2CC1CC2/C=C(\C)C(O)CC. The average Bonchev–Trinajstić information content (AvgIpc) is 2.86. The van der Waals surface area contributed by atoms with Crippen LogP contribution in [-0.4, -0.2) is 11.2 Å². The molecule has 0 saturated heterocycles. The van der Waals surface area contributed by atoms with Crippen LogP contribution in [-0.2, 0) is 0 Å². The first-order valence-corrected chi connectivity index (χ1v) is 6.64. The van der Waals surface area contributed by atoms with Gasteiger partial charge in [0.25, 0.3) is 0 Å². The molecule has 0 heterocycles. The highest BCUT2D eigenvalue weighted by Crippen LogP contribution is 2.52. The Hall–Kier alpha value is -0.560. The maximum absolute atomic E-state index is 9.77. The summed E-state index contributed by atoms with van der Waals surface area (Å²) in [6.45, 7) is 8.05. The zero-order valence-electron chi connectivity index (χ0n) is 10.5. The molecule has 2 bridgehead atoms. The van der Waals surface area contributed by atoms with Crippen molar-refractivity contribution in [2.24, 2.45) is 23.7 Å². The Morgan fingerprint density at radius 3 is 2.44 bits per heavy atom. The summed E-state index contributed by atoms with van der Waals surface area (Å²) in [5.41, 5.74) is 1.18. The lowest BCUT2D eigenvalue weighted by Gasteiger charge is -2.25. The third kappa shape index (κ3) is 2.10. The van der Waals surface area contributed by atoms with Crippen LogP contribution < -0.4 is 0 Å². The Labute approximate surface area is 99.3 Å². The van der Waals surface area contributed by atoms with Gasteiger partial charge in [-0.2, -0.15) is 0 Å². The van der Waals surface area contributed by atoms with Crippen molar-refractivity contribution in [3.8, 4) is 0 Å². The summed E-state index contributed by atoms with van der Waals surface area (Å²) in [6, 6.07) is 0. The second-order valence-corrected chi connectivity index (χ2v) is 5.63. The van der Waals surface area contributed by atoms with Gasteiger partial charge in [0.2, 0.25) is 0 Å². The van der Waals surface area contributed by atoms with Crippen LogP contribution in [0.5, 0.6) is 0 Å². The fourth-order valence-corrected chi connectivity index (χ4v) is 3.63. The highest BCUT2D eigenvalue weighted by molar-refractivity contribution is 5.12. The normalized spacial score (nSPS) is 40.1. The van der Waals surface area contributed by atoms with Crippen molar-refractivity contribution in [2.45, 2.75) is 45.6 Å². The summed E-state index contributed by atoms with van der Waals surface area (Å²) in [7, 11) is 0. The second-order valence-electron chi connectivity index (χ2n) is 5.63. The van der Waals surface area contributed by atoms with Crippen molar-refractivity contribution >= 4 is 0 Å². The lowest BCUT2D eigenvalue weighted by atomic mass is 9.81. The Kier molecular flexibility index (Phi) is 3.53. The van der Waals surface area contributed by atoms with Crippen molar-refractivity contribution in [1.29, 1.82) is 0 Å². The van der Waals surface area contributed by atoms with E-state index in [1.165, 1.54) is 24.8 Å². The Balaban J connectivity index is 1.98. The highest BCUT2D eigenvalue weighted by atomic mass is 16.3. The van der Waals surface area contributed by atoms with E-state index in [9.17, 15) is 5.11 Å². The van der Waals surface area contributed by atoms with Gasteiger partial charge in [-0.3, -0.25) is 0 Å². The number of aliphatic hydroxyl groups excluding tert-OH is 1. The molecular weight excluding hydrogens is 196 g/mol. The van der Waals surface area contributed by atoms with Gasteiger partial charge in [0.05, 0.1) is 6.10 Å². The summed E-state index contributed by atoms with van der Waals surface area (Å²) in [5.74, 6) is 3.22. The van der Waals surface area contributed by atoms with Gasteiger partial charge in [0, 0.05) is 0 Å². The van der Waals surface area contributed by atoms with E-state index in [2.05, 4.69) is 25.7 Å². The topological polar surface area (TPSA) is 20.2 Å². The predicted molar refractivity (Wildman–Crippen MR) is 68.1 cm³/mol. The van der Waals surface area contributed by atoms with Crippen molar-refractivity contribution in [3.05, 3.63) is 24.3 Å². The molecule has 0 radical (unpaired) electrons. The van der Waals surface area contributed by atoms with Gasteiger partial charge in [0.15, 0.2) is 0 Å². The molecule has 0 aliphatic heterocycles. The lowest BCUT2D eigenvalue weighted by molar-refractivity contribution is 0.204. The molecule has 90 valence electrons. The van der Waals surface area contributed by atoms with E-state index < -0.39 is 0 Å². The van der Waals surface area contributed by atoms with Gasteiger partial charge < -0.3 is 5.11 Å². The van der Waals surface area contributed by atoms with Crippen LogP contribution in [0.15, 0.2) is 24.3 Å². The maximum Gasteiger partial charge on any atom is 0.0744 e. The molecular formula is C15H24O. The van der Waals surface area contributed by atoms with Crippen LogP contribution in [0.3, 0.4) is 0 Å². The number of aliphatic hydroxyl groups is 1. The summed E-state index contributed by atoms with van der Waals surface area (Å²) in [6.07, 6.45) is 9.12. The first-order chi connectivity index (χ1) is 7.65. The zero-order valence-corrected chi connectivity index (χ0v) is 10.5. The Morgan fingerprint density at radius 1 is 1.31 bits per heavy atom. The summed E-state index contributed by atoms with van der Waals surface area (Å²) in [5, 5.41) is 9.77. The number of allylic oxidation sites excluding steroid dienone is 2. The molecule has 5 atom stereocenters. The molecule has 0 spiro atoms. The van der Waals surface area contributed by atoms with Crippen LogP contribution >= 0.6 is 0 Å². The molecule has 0 aromatic carbocycles. The molecule has 1 N–H and O–H groups in total. The predicted octanol–water partition coefficient (Wildman–Crippen LogP) is 3.55. The van der Waals surface area contributed by atoms with Gasteiger partial charge in [-0.05, 0) is 61.9 Å². The van der Waals surface area contributed by atoms with Crippen molar-refractivity contribution < 1.29 is 5.11 Å². The first kappa shape index (κ1) is 11.9. The molecule has 2 aliphatic carbocycles. The number of fused-ring (bicyclic) bond motifs is 2. The Morgan fingerprint density at radius 2 is 1.94 bits per heavy atom. The molecule has 0 amide bonds. The minimum absolute atomic E-state index is 0.227. The largest absolute Gasteiger partial charge is 0.389 e. The highest BCUT2D eigenvalue weighted by Gasteiger charge is 2.43. The standard InChI is InChI=1S/C15H24O/c1-4-11-7-14-9-13(11)8-12(14)6-10(3)15(16)5-2/h4,6,11-16H,1,5,7-9H2,2-3H3/b10-6+. The summed E-state index contributed by atoms with van der Waals surface area (Å²) < 4.78 is 0. The molecule has 16 heavy (non-hydrogen) atoms. The molecule has 0 aromatic rings. The zero-order chi connectivity index (χ0) is 11.7. The second kappa shape index (κ2) is 4.75. The fraction of sp³-hybridized carbons (Fsp3) is 0.733. The van der Waals surface area contributed by atoms with Gasteiger partial charge in [-0.15, -0.1) is 6.58 Å². The monoisotopic (exact) mass is 220 g/mol. The van der Waals surface area contributed by atoms with Crippen LogP contribution in [0.2, 0.25) is 0 Å². The van der Waals surface area contributed by atoms with E-state index in [0.29, 0.717) is 0 Å². The summed E-state index contributed by atoms with van der Waals surface area (Å²) in [4.78, 5) is 0.